The van der Waals surface area contributed by atoms with Crippen molar-refractivity contribution in [3.05, 3.63) is 47.8 Å². The van der Waals surface area contributed by atoms with Gasteiger partial charge in [-0.1, -0.05) is 6.07 Å². The van der Waals surface area contributed by atoms with Gasteiger partial charge in [0.2, 0.25) is 5.91 Å². The molecule has 1 amide bonds. The molecule has 0 saturated carbocycles. The Morgan fingerprint density at radius 1 is 1.19 bits per heavy atom. The second-order valence-electron chi connectivity index (χ2n) is 5.99. The van der Waals surface area contributed by atoms with E-state index in [0.29, 0.717) is 6.42 Å². The van der Waals surface area contributed by atoms with Gasteiger partial charge >= 0.3 is 0 Å². The summed E-state index contributed by atoms with van der Waals surface area (Å²) in [5.41, 5.74) is 3.81. The number of fused-ring (bicyclic) bond motifs is 1. The van der Waals surface area contributed by atoms with Crippen molar-refractivity contribution in [3.63, 3.8) is 0 Å². The second-order valence-corrected chi connectivity index (χ2v) is 5.99. The van der Waals surface area contributed by atoms with E-state index in [1.165, 1.54) is 0 Å². The molecule has 1 aliphatic heterocycles. The van der Waals surface area contributed by atoms with Gasteiger partial charge in [0.15, 0.2) is 0 Å². The molecule has 2 aromatic rings. The molecule has 4 heteroatoms. The van der Waals surface area contributed by atoms with Gasteiger partial charge in [-0.25, -0.2) is 0 Å². The highest BCUT2D eigenvalue weighted by molar-refractivity contribution is 6.01. The van der Waals surface area contributed by atoms with Gasteiger partial charge in [0, 0.05) is 36.3 Å². The minimum atomic E-state index is -0.921. The van der Waals surface area contributed by atoms with Crippen LogP contribution in [0.1, 0.15) is 25.0 Å². The average molecular weight is 282 g/mol. The van der Waals surface area contributed by atoms with E-state index in [1.54, 1.807) is 38.2 Å². The maximum atomic E-state index is 11.7. The van der Waals surface area contributed by atoms with Crippen molar-refractivity contribution in [2.24, 2.45) is 0 Å². The number of carbonyl (C=O) groups is 1. The van der Waals surface area contributed by atoms with Crippen LogP contribution in [0, 0.1) is 0 Å². The third-order valence-electron chi connectivity index (χ3n) is 3.93. The highest BCUT2D eigenvalue weighted by atomic mass is 16.3. The first-order valence-electron chi connectivity index (χ1n) is 6.94. The van der Waals surface area contributed by atoms with Gasteiger partial charge in [0.1, 0.15) is 0 Å². The summed E-state index contributed by atoms with van der Waals surface area (Å²) in [5.74, 6) is 0.116. The molecule has 3 rings (SSSR count). The van der Waals surface area contributed by atoms with Crippen molar-refractivity contribution in [2.75, 3.05) is 11.9 Å². The van der Waals surface area contributed by atoms with Crippen molar-refractivity contribution >= 4 is 11.6 Å². The summed E-state index contributed by atoms with van der Waals surface area (Å²) in [4.78, 5) is 17.6. The van der Waals surface area contributed by atoms with Crippen molar-refractivity contribution in [1.82, 2.24) is 4.98 Å². The van der Waals surface area contributed by atoms with Crippen LogP contribution in [0.15, 0.2) is 36.7 Å². The summed E-state index contributed by atoms with van der Waals surface area (Å²) >= 11 is 0. The SMILES string of the molecule is CN1C(=O)Cc2cc(-c3cncc(C(C)(C)O)c3)ccc21. The fourth-order valence-electron chi connectivity index (χ4n) is 2.58. The minimum absolute atomic E-state index is 0.116. The first-order chi connectivity index (χ1) is 9.86. The Morgan fingerprint density at radius 2 is 1.95 bits per heavy atom. The van der Waals surface area contributed by atoms with Crippen LogP contribution >= 0.6 is 0 Å². The summed E-state index contributed by atoms with van der Waals surface area (Å²) in [7, 11) is 1.80. The zero-order valence-electron chi connectivity index (χ0n) is 12.4. The molecule has 0 spiro atoms. The molecule has 1 aliphatic rings. The molecular weight excluding hydrogens is 264 g/mol. The standard InChI is InChI=1S/C17H18N2O2/c1-17(2,21)14-7-13(9-18-10-14)11-4-5-15-12(6-11)8-16(20)19(15)3/h4-7,9-10,21H,8H2,1-3H3. The maximum absolute atomic E-state index is 11.7. The van der Waals surface area contributed by atoms with E-state index in [-0.39, 0.29) is 5.91 Å². The molecule has 4 nitrogen and oxygen atoms in total. The number of amides is 1. The van der Waals surface area contributed by atoms with Gasteiger partial charge in [0.05, 0.1) is 12.0 Å². The zero-order valence-corrected chi connectivity index (χ0v) is 12.4. The van der Waals surface area contributed by atoms with Gasteiger partial charge in [-0.3, -0.25) is 9.78 Å². The number of benzene rings is 1. The molecule has 2 heterocycles. The monoisotopic (exact) mass is 282 g/mol. The molecule has 0 unspecified atom stereocenters. The summed E-state index contributed by atoms with van der Waals surface area (Å²) in [6.07, 6.45) is 3.89. The van der Waals surface area contributed by atoms with Crippen molar-refractivity contribution in [1.29, 1.82) is 0 Å². The number of anilines is 1. The van der Waals surface area contributed by atoms with Crippen LogP contribution in [-0.4, -0.2) is 23.0 Å². The maximum Gasteiger partial charge on any atom is 0.231 e. The number of pyridine rings is 1. The lowest BCUT2D eigenvalue weighted by molar-refractivity contribution is -0.117. The van der Waals surface area contributed by atoms with Gasteiger partial charge in [-0.2, -0.15) is 0 Å². The summed E-state index contributed by atoms with van der Waals surface area (Å²) in [6, 6.07) is 7.92. The van der Waals surface area contributed by atoms with Crippen LogP contribution in [0.25, 0.3) is 11.1 Å². The Balaban J connectivity index is 2.03. The minimum Gasteiger partial charge on any atom is -0.386 e. The topological polar surface area (TPSA) is 53.4 Å². The van der Waals surface area contributed by atoms with Crippen LogP contribution < -0.4 is 4.90 Å². The molecule has 0 fully saturated rings. The number of hydrogen-bond acceptors (Lipinski definition) is 3. The summed E-state index contributed by atoms with van der Waals surface area (Å²) in [5, 5.41) is 10.1. The molecule has 108 valence electrons. The van der Waals surface area contributed by atoms with Crippen LogP contribution in [0.3, 0.4) is 0 Å². The van der Waals surface area contributed by atoms with E-state index in [0.717, 1.165) is 27.9 Å². The smallest absolute Gasteiger partial charge is 0.231 e. The number of rotatable bonds is 2. The summed E-state index contributed by atoms with van der Waals surface area (Å²) in [6.45, 7) is 3.48. The van der Waals surface area contributed by atoms with Crippen LogP contribution in [0.2, 0.25) is 0 Å². The second kappa shape index (κ2) is 4.67. The first-order valence-corrected chi connectivity index (χ1v) is 6.94. The Morgan fingerprint density at radius 3 is 2.67 bits per heavy atom. The third-order valence-corrected chi connectivity index (χ3v) is 3.93. The number of aromatic nitrogens is 1. The number of aliphatic hydroxyl groups is 1. The Kier molecular flexibility index (Phi) is 3.06. The number of carbonyl (C=O) groups excluding carboxylic acids is 1. The third kappa shape index (κ3) is 2.43. The normalized spacial score (nSPS) is 14.5. The number of nitrogens with zero attached hydrogens (tertiary/aromatic N) is 2. The molecule has 21 heavy (non-hydrogen) atoms. The highest BCUT2D eigenvalue weighted by Crippen LogP contribution is 2.32. The molecule has 1 aromatic carbocycles. The van der Waals surface area contributed by atoms with Crippen LogP contribution in [0.5, 0.6) is 0 Å². The molecule has 1 aromatic heterocycles. The number of hydrogen-bond donors (Lipinski definition) is 1. The lowest BCUT2D eigenvalue weighted by Crippen LogP contribution is -2.20. The summed E-state index contributed by atoms with van der Waals surface area (Å²) < 4.78 is 0. The molecular formula is C17H18N2O2. The van der Waals surface area contributed by atoms with Gasteiger partial charge in [-0.15, -0.1) is 0 Å². The molecule has 1 N–H and O–H groups in total. The fraction of sp³-hybridized carbons (Fsp3) is 0.294. The molecule has 0 atom stereocenters. The van der Waals surface area contributed by atoms with E-state index in [9.17, 15) is 9.90 Å². The molecule has 0 radical (unpaired) electrons. The fourth-order valence-corrected chi connectivity index (χ4v) is 2.58. The van der Waals surface area contributed by atoms with Gasteiger partial charge in [-0.05, 0) is 43.2 Å². The van der Waals surface area contributed by atoms with Crippen LogP contribution in [0.4, 0.5) is 5.69 Å². The average Bonchev–Trinajstić information content (AvgIpc) is 2.73. The Bertz CT molecular complexity index is 717. The Hall–Kier alpha value is -2.20. The van der Waals surface area contributed by atoms with Crippen molar-refractivity contribution in [2.45, 2.75) is 25.9 Å². The molecule has 0 saturated heterocycles. The Labute approximate surface area is 124 Å². The largest absolute Gasteiger partial charge is 0.386 e. The quantitative estimate of drug-likeness (QED) is 0.920. The lowest BCUT2D eigenvalue weighted by atomic mass is 9.96. The van der Waals surface area contributed by atoms with E-state index in [2.05, 4.69) is 4.98 Å². The lowest BCUT2D eigenvalue weighted by Gasteiger charge is -2.18. The van der Waals surface area contributed by atoms with Crippen molar-refractivity contribution < 1.29 is 9.90 Å². The number of likely N-dealkylation sites (N-methyl/N-ethyl adjacent to an activating group) is 1. The van der Waals surface area contributed by atoms with Gasteiger partial charge in [0.25, 0.3) is 0 Å². The predicted molar refractivity (Wildman–Crippen MR) is 82.0 cm³/mol. The van der Waals surface area contributed by atoms with E-state index in [4.69, 9.17) is 0 Å². The molecule has 0 aliphatic carbocycles. The van der Waals surface area contributed by atoms with Crippen LogP contribution in [-0.2, 0) is 16.8 Å². The highest BCUT2D eigenvalue weighted by Gasteiger charge is 2.24. The van der Waals surface area contributed by atoms with Gasteiger partial charge < -0.3 is 10.0 Å². The van der Waals surface area contributed by atoms with E-state index < -0.39 is 5.60 Å². The molecule has 0 bridgehead atoms. The zero-order chi connectivity index (χ0) is 15.2. The first kappa shape index (κ1) is 13.8. The van der Waals surface area contributed by atoms with E-state index in [1.807, 2.05) is 24.3 Å². The predicted octanol–water partition coefficient (Wildman–Crippen LogP) is 2.49. The van der Waals surface area contributed by atoms with Crippen molar-refractivity contribution in [3.8, 4) is 11.1 Å². The van der Waals surface area contributed by atoms with E-state index >= 15 is 0 Å².